The lowest BCUT2D eigenvalue weighted by atomic mass is 10.3. The first kappa shape index (κ1) is 15.8. The molecule has 8 nitrogen and oxygen atoms in total. The number of nitrogens with one attached hydrogen (secondary N) is 2. The van der Waals surface area contributed by atoms with Gasteiger partial charge in [0.15, 0.2) is 5.82 Å². The summed E-state index contributed by atoms with van der Waals surface area (Å²) >= 11 is 0. The highest BCUT2D eigenvalue weighted by Gasteiger charge is 2.15. The summed E-state index contributed by atoms with van der Waals surface area (Å²) in [4.78, 5) is 15.6. The number of urea groups is 1. The van der Waals surface area contributed by atoms with E-state index in [1.54, 1.807) is 24.9 Å². The number of ether oxygens (including phenoxy) is 1. The van der Waals surface area contributed by atoms with Crippen LogP contribution in [0.4, 0.5) is 14.9 Å². The highest BCUT2D eigenvalue weighted by Crippen LogP contribution is 2.10. The average molecular weight is 308 g/mol. The average Bonchev–Trinajstić information content (AvgIpc) is 2.93. The van der Waals surface area contributed by atoms with E-state index in [1.165, 1.54) is 12.3 Å². The number of rotatable bonds is 6. The van der Waals surface area contributed by atoms with Crippen LogP contribution in [-0.2, 0) is 11.3 Å². The molecule has 0 aliphatic heterocycles. The topological polar surface area (TPSA) is 94.0 Å². The first-order chi connectivity index (χ1) is 10.6. The van der Waals surface area contributed by atoms with Crippen LogP contribution in [0.15, 0.2) is 24.8 Å². The van der Waals surface area contributed by atoms with Gasteiger partial charge in [-0.1, -0.05) is 0 Å². The quantitative estimate of drug-likeness (QED) is 0.840. The number of amides is 2. The smallest absolute Gasteiger partial charge is 0.319 e. The van der Waals surface area contributed by atoms with Gasteiger partial charge in [0.05, 0.1) is 30.7 Å². The van der Waals surface area contributed by atoms with E-state index >= 15 is 0 Å². The molecular formula is C13H17FN6O2. The van der Waals surface area contributed by atoms with Crippen molar-refractivity contribution in [3.05, 3.63) is 36.4 Å². The summed E-state index contributed by atoms with van der Waals surface area (Å²) in [6.45, 7) is 2.87. The van der Waals surface area contributed by atoms with E-state index < -0.39 is 11.8 Å². The Morgan fingerprint density at radius 1 is 1.50 bits per heavy atom. The number of hydrogen-bond acceptors (Lipinski definition) is 5. The molecule has 22 heavy (non-hydrogen) atoms. The fourth-order valence-electron chi connectivity index (χ4n) is 1.87. The van der Waals surface area contributed by atoms with Crippen LogP contribution < -0.4 is 10.6 Å². The summed E-state index contributed by atoms with van der Waals surface area (Å²) in [6, 6.07) is 0.320. The zero-order chi connectivity index (χ0) is 15.9. The highest BCUT2D eigenvalue weighted by molar-refractivity contribution is 5.89. The van der Waals surface area contributed by atoms with Crippen LogP contribution in [0.5, 0.6) is 0 Å². The molecule has 2 rings (SSSR count). The van der Waals surface area contributed by atoms with Gasteiger partial charge in [0, 0.05) is 19.7 Å². The molecule has 2 aromatic heterocycles. The summed E-state index contributed by atoms with van der Waals surface area (Å²) in [5, 5.41) is 13.0. The molecule has 0 radical (unpaired) electrons. The van der Waals surface area contributed by atoms with Crippen LogP contribution in [0.3, 0.4) is 0 Å². The highest BCUT2D eigenvalue weighted by atomic mass is 19.1. The Morgan fingerprint density at radius 3 is 3.05 bits per heavy atom. The SMILES string of the molecule is COCCn1cnnc1[C@@H](C)NC(=O)Nc1cncc(F)c1. The monoisotopic (exact) mass is 308 g/mol. The van der Waals surface area contributed by atoms with Gasteiger partial charge in [0.25, 0.3) is 0 Å². The van der Waals surface area contributed by atoms with Crippen molar-refractivity contribution in [1.82, 2.24) is 25.1 Å². The van der Waals surface area contributed by atoms with E-state index in [2.05, 4.69) is 25.8 Å². The van der Waals surface area contributed by atoms with Crippen LogP contribution >= 0.6 is 0 Å². The Hall–Kier alpha value is -2.55. The van der Waals surface area contributed by atoms with Crippen molar-refractivity contribution in [2.24, 2.45) is 0 Å². The fourth-order valence-corrected chi connectivity index (χ4v) is 1.87. The Labute approximate surface area is 126 Å². The van der Waals surface area contributed by atoms with Gasteiger partial charge in [-0.15, -0.1) is 10.2 Å². The van der Waals surface area contributed by atoms with Gasteiger partial charge in [-0.25, -0.2) is 9.18 Å². The molecule has 2 N–H and O–H groups in total. The molecule has 1 atom stereocenters. The van der Waals surface area contributed by atoms with E-state index in [-0.39, 0.29) is 11.7 Å². The molecule has 0 unspecified atom stereocenters. The van der Waals surface area contributed by atoms with Crippen molar-refractivity contribution in [2.75, 3.05) is 19.0 Å². The van der Waals surface area contributed by atoms with Crippen LogP contribution in [-0.4, -0.2) is 39.5 Å². The van der Waals surface area contributed by atoms with Crippen molar-refractivity contribution in [3.63, 3.8) is 0 Å². The summed E-state index contributed by atoms with van der Waals surface area (Å²) in [7, 11) is 1.60. The van der Waals surface area contributed by atoms with Gasteiger partial charge in [0.1, 0.15) is 12.1 Å². The van der Waals surface area contributed by atoms with Gasteiger partial charge in [-0.2, -0.15) is 0 Å². The largest absolute Gasteiger partial charge is 0.383 e. The minimum atomic E-state index is -0.523. The molecule has 0 aliphatic carbocycles. The van der Waals surface area contributed by atoms with E-state index in [4.69, 9.17) is 4.74 Å². The molecule has 0 saturated carbocycles. The Kier molecular flexibility index (Phi) is 5.37. The molecule has 0 bridgehead atoms. The second kappa shape index (κ2) is 7.46. The zero-order valence-electron chi connectivity index (χ0n) is 12.3. The predicted molar refractivity (Wildman–Crippen MR) is 76.7 cm³/mol. The lowest BCUT2D eigenvalue weighted by molar-refractivity contribution is 0.185. The zero-order valence-corrected chi connectivity index (χ0v) is 12.3. The van der Waals surface area contributed by atoms with E-state index in [0.29, 0.717) is 19.0 Å². The normalized spacial score (nSPS) is 12.0. The minimum absolute atomic E-state index is 0.269. The van der Waals surface area contributed by atoms with Gasteiger partial charge in [-0.05, 0) is 6.92 Å². The van der Waals surface area contributed by atoms with E-state index in [9.17, 15) is 9.18 Å². The number of pyridine rings is 1. The van der Waals surface area contributed by atoms with Crippen molar-refractivity contribution < 1.29 is 13.9 Å². The summed E-state index contributed by atoms with van der Waals surface area (Å²) in [5.41, 5.74) is 0.269. The number of anilines is 1. The third kappa shape index (κ3) is 4.22. The summed E-state index contributed by atoms with van der Waals surface area (Å²) < 4.78 is 19.8. The Morgan fingerprint density at radius 2 is 2.32 bits per heavy atom. The number of aromatic nitrogens is 4. The molecule has 0 spiro atoms. The molecule has 118 valence electrons. The van der Waals surface area contributed by atoms with Crippen molar-refractivity contribution in [2.45, 2.75) is 19.5 Å². The number of methoxy groups -OCH3 is 1. The van der Waals surface area contributed by atoms with Crippen LogP contribution in [0.25, 0.3) is 0 Å². The molecule has 0 aromatic carbocycles. The molecule has 2 aromatic rings. The second-order valence-corrected chi connectivity index (χ2v) is 4.59. The van der Waals surface area contributed by atoms with Crippen LogP contribution in [0.2, 0.25) is 0 Å². The first-order valence-corrected chi connectivity index (χ1v) is 6.65. The maximum absolute atomic E-state index is 13.0. The lowest BCUT2D eigenvalue weighted by Crippen LogP contribution is -2.32. The second-order valence-electron chi connectivity index (χ2n) is 4.59. The van der Waals surface area contributed by atoms with Gasteiger partial charge < -0.3 is 19.9 Å². The van der Waals surface area contributed by atoms with Crippen LogP contribution in [0, 0.1) is 5.82 Å². The number of hydrogen-bond donors (Lipinski definition) is 2. The standard InChI is InChI=1S/C13H17FN6O2/c1-9(12-19-16-8-20(12)3-4-22-2)17-13(21)18-11-5-10(14)6-15-7-11/h5-9H,3-4H2,1-2H3,(H2,17,18,21)/t9-/m1/s1. The predicted octanol–water partition coefficient (Wildman–Crippen LogP) is 1.34. The molecular weight excluding hydrogens is 291 g/mol. The fraction of sp³-hybridized carbons (Fsp3) is 0.385. The minimum Gasteiger partial charge on any atom is -0.383 e. The van der Waals surface area contributed by atoms with Crippen molar-refractivity contribution >= 4 is 11.7 Å². The maximum Gasteiger partial charge on any atom is 0.319 e. The number of nitrogens with zero attached hydrogens (tertiary/aromatic N) is 4. The number of carbonyl (C=O) groups is 1. The summed E-state index contributed by atoms with van der Waals surface area (Å²) in [5.74, 6) is 0.0784. The molecule has 0 aliphatic rings. The Balaban J connectivity index is 1.95. The summed E-state index contributed by atoms with van der Waals surface area (Å²) in [6.07, 6.45) is 3.99. The van der Waals surface area contributed by atoms with E-state index in [0.717, 1.165) is 6.20 Å². The van der Waals surface area contributed by atoms with Gasteiger partial charge in [-0.3, -0.25) is 4.98 Å². The number of halogens is 1. The van der Waals surface area contributed by atoms with Gasteiger partial charge in [0.2, 0.25) is 0 Å². The van der Waals surface area contributed by atoms with Crippen molar-refractivity contribution in [3.8, 4) is 0 Å². The molecule has 0 saturated heterocycles. The van der Waals surface area contributed by atoms with Crippen molar-refractivity contribution in [1.29, 1.82) is 0 Å². The lowest BCUT2D eigenvalue weighted by Gasteiger charge is -2.15. The van der Waals surface area contributed by atoms with E-state index in [1.807, 2.05) is 0 Å². The first-order valence-electron chi connectivity index (χ1n) is 6.65. The molecule has 2 heterocycles. The van der Waals surface area contributed by atoms with Gasteiger partial charge >= 0.3 is 6.03 Å². The Bertz CT molecular complexity index is 632. The number of carbonyl (C=O) groups excluding carboxylic acids is 1. The van der Waals surface area contributed by atoms with Crippen LogP contribution in [0.1, 0.15) is 18.8 Å². The maximum atomic E-state index is 13.0. The third-order valence-electron chi connectivity index (χ3n) is 2.88. The molecule has 2 amide bonds. The third-order valence-corrected chi connectivity index (χ3v) is 2.88. The molecule has 9 heteroatoms. The molecule has 0 fully saturated rings.